The van der Waals surface area contributed by atoms with Gasteiger partial charge in [0.1, 0.15) is 0 Å². The molecule has 2 aliphatic heterocycles. The van der Waals surface area contributed by atoms with Gasteiger partial charge in [-0.25, -0.2) is 0 Å². The predicted molar refractivity (Wildman–Crippen MR) is 88.6 cm³/mol. The predicted octanol–water partition coefficient (Wildman–Crippen LogP) is 3.97. The van der Waals surface area contributed by atoms with Gasteiger partial charge in [-0.2, -0.15) is 0 Å². The molecule has 1 N–H and O–H groups in total. The van der Waals surface area contributed by atoms with E-state index in [0.29, 0.717) is 22.9 Å². The smallest absolute Gasteiger partial charge is 0.0734 e. The van der Waals surface area contributed by atoms with Crippen molar-refractivity contribution in [2.24, 2.45) is 22.2 Å². The molecule has 6 fully saturated rings. The second kappa shape index (κ2) is 3.94. The van der Waals surface area contributed by atoms with E-state index in [0.717, 1.165) is 18.8 Å². The van der Waals surface area contributed by atoms with Crippen LogP contribution in [0.3, 0.4) is 0 Å². The number of fused-ring (bicyclic) bond motifs is 2. The monoisotopic (exact) mass is 303 g/mol. The standard InChI is InChI=1S/C20H33NO/c1-17-6-14-7-18(2,11-17)13-19(8-14,12-17)20(22)9-15-4-5-16(10-20)21(15)3/h14-16,22H,4-13H2,1-3H3. The van der Waals surface area contributed by atoms with Gasteiger partial charge in [-0.15, -0.1) is 0 Å². The lowest BCUT2D eigenvalue weighted by molar-refractivity contribution is -0.242. The summed E-state index contributed by atoms with van der Waals surface area (Å²) in [7, 11) is 2.30. The molecule has 2 nitrogen and oxygen atoms in total. The van der Waals surface area contributed by atoms with Crippen LogP contribution in [0.4, 0.5) is 0 Å². The van der Waals surface area contributed by atoms with E-state index in [1.807, 2.05) is 0 Å². The summed E-state index contributed by atoms with van der Waals surface area (Å²) in [6, 6.07) is 1.30. The molecular weight excluding hydrogens is 270 g/mol. The summed E-state index contributed by atoms with van der Waals surface area (Å²) in [6.07, 6.45) is 13.0. The summed E-state index contributed by atoms with van der Waals surface area (Å²) in [6.45, 7) is 5.08. The molecule has 6 rings (SSSR count). The van der Waals surface area contributed by atoms with Gasteiger partial charge in [0.25, 0.3) is 0 Å². The van der Waals surface area contributed by atoms with Crippen molar-refractivity contribution in [2.75, 3.05) is 7.05 Å². The molecule has 4 aliphatic carbocycles. The minimum Gasteiger partial charge on any atom is -0.389 e. The van der Waals surface area contributed by atoms with Gasteiger partial charge in [-0.05, 0) is 88.0 Å². The van der Waals surface area contributed by atoms with Crippen molar-refractivity contribution < 1.29 is 5.11 Å². The van der Waals surface area contributed by atoms with Crippen molar-refractivity contribution in [1.82, 2.24) is 4.90 Å². The van der Waals surface area contributed by atoms with Crippen molar-refractivity contribution in [2.45, 2.75) is 95.7 Å². The van der Waals surface area contributed by atoms with Crippen molar-refractivity contribution >= 4 is 0 Å². The van der Waals surface area contributed by atoms with Crippen LogP contribution in [-0.4, -0.2) is 34.7 Å². The second-order valence-corrected chi connectivity index (χ2v) is 10.9. The van der Waals surface area contributed by atoms with Gasteiger partial charge in [0.05, 0.1) is 5.60 Å². The van der Waals surface area contributed by atoms with Gasteiger partial charge in [0.2, 0.25) is 0 Å². The van der Waals surface area contributed by atoms with Crippen LogP contribution in [0.15, 0.2) is 0 Å². The number of piperidine rings is 1. The van der Waals surface area contributed by atoms with E-state index in [9.17, 15) is 5.11 Å². The van der Waals surface area contributed by atoms with Gasteiger partial charge in [-0.1, -0.05) is 13.8 Å². The molecule has 0 aromatic carbocycles. The highest BCUT2D eigenvalue weighted by atomic mass is 16.3. The molecule has 6 aliphatic rings. The van der Waals surface area contributed by atoms with Crippen molar-refractivity contribution in [3.05, 3.63) is 0 Å². The maximum Gasteiger partial charge on any atom is 0.0734 e. The molecule has 4 saturated carbocycles. The molecule has 4 atom stereocenters. The maximum atomic E-state index is 11.9. The molecule has 2 heteroatoms. The summed E-state index contributed by atoms with van der Waals surface area (Å²) < 4.78 is 0. The molecule has 4 unspecified atom stereocenters. The van der Waals surface area contributed by atoms with Gasteiger partial charge in [-0.3, -0.25) is 0 Å². The first-order valence-corrected chi connectivity index (χ1v) is 9.68. The van der Waals surface area contributed by atoms with Crippen LogP contribution in [0.5, 0.6) is 0 Å². The molecule has 2 saturated heterocycles. The van der Waals surface area contributed by atoms with E-state index in [4.69, 9.17) is 0 Å². The SMILES string of the molecule is CN1C2CCC1CC(O)(C13CC4CC(C)(CC(C)(C4)C1)C3)C2. The summed E-state index contributed by atoms with van der Waals surface area (Å²) >= 11 is 0. The lowest BCUT2D eigenvalue weighted by atomic mass is 9.36. The van der Waals surface area contributed by atoms with E-state index >= 15 is 0 Å². The van der Waals surface area contributed by atoms with Gasteiger partial charge in [0.15, 0.2) is 0 Å². The van der Waals surface area contributed by atoms with E-state index in [1.165, 1.54) is 51.4 Å². The van der Waals surface area contributed by atoms with Gasteiger partial charge in [0, 0.05) is 17.5 Å². The number of nitrogens with zero attached hydrogens (tertiary/aromatic N) is 1. The largest absolute Gasteiger partial charge is 0.389 e. The molecular formula is C20H33NO. The Morgan fingerprint density at radius 1 is 0.818 bits per heavy atom. The van der Waals surface area contributed by atoms with E-state index in [2.05, 4.69) is 25.8 Å². The molecule has 0 amide bonds. The first kappa shape index (κ1) is 14.3. The number of hydrogen-bond acceptors (Lipinski definition) is 2. The fraction of sp³-hybridized carbons (Fsp3) is 1.00. The molecule has 0 radical (unpaired) electrons. The minimum atomic E-state index is -0.368. The van der Waals surface area contributed by atoms with Gasteiger partial charge < -0.3 is 10.0 Å². The zero-order valence-corrected chi connectivity index (χ0v) is 14.7. The van der Waals surface area contributed by atoms with Gasteiger partial charge >= 0.3 is 0 Å². The molecule has 22 heavy (non-hydrogen) atoms. The first-order chi connectivity index (χ1) is 10.2. The van der Waals surface area contributed by atoms with E-state index in [-0.39, 0.29) is 11.0 Å². The molecule has 0 aromatic rings. The average Bonchev–Trinajstić information content (AvgIpc) is 2.59. The Labute approximate surface area is 135 Å². The van der Waals surface area contributed by atoms with Crippen LogP contribution in [0.25, 0.3) is 0 Å². The van der Waals surface area contributed by atoms with Crippen LogP contribution in [0.1, 0.15) is 78.1 Å². The van der Waals surface area contributed by atoms with Crippen LogP contribution >= 0.6 is 0 Å². The lowest BCUT2D eigenvalue weighted by Crippen LogP contribution is -2.66. The number of hydrogen-bond donors (Lipinski definition) is 1. The lowest BCUT2D eigenvalue weighted by Gasteiger charge is -2.70. The zero-order valence-electron chi connectivity index (χ0n) is 14.7. The van der Waals surface area contributed by atoms with Crippen LogP contribution < -0.4 is 0 Å². The highest BCUT2D eigenvalue weighted by Crippen LogP contribution is 2.73. The number of aliphatic hydroxyl groups is 1. The second-order valence-electron chi connectivity index (χ2n) is 10.9. The third-order valence-corrected chi connectivity index (χ3v) is 8.75. The van der Waals surface area contributed by atoms with Crippen LogP contribution in [0, 0.1) is 22.2 Å². The molecule has 6 bridgehead atoms. The van der Waals surface area contributed by atoms with Crippen molar-refractivity contribution in [3.63, 3.8) is 0 Å². The van der Waals surface area contributed by atoms with E-state index < -0.39 is 0 Å². The summed E-state index contributed by atoms with van der Waals surface area (Å²) in [5, 5.41) is 11.9. The highest BCUT2D eigenvalue weighted by molar-refractivity contribution is 5.19. The molecule has 2 heterocycles. The Morgan fingerprint density at radius 3 is 1.86 bits per heavy atom. The summed E-state index contributed by atoms with van der Waals surface area (Å²) in [5.74, 6) is 0.896. The Bertz CT molecular complexity index is 482. The maximum absolute atomic E-state index is 11.9. The Morgan fingerprint density at radius 2 is 1.36 bits per heavy atom. The quantitative estimate of drug-likeness (QED) is 0.792. The molecule has 0 aromatic heterocycles. The van der Waals surface area contributed by atoms with Crippen molar-refractivity contribution in [3.8, 4) is 0 Å². The molecule has 0 spiro atoms. The van der Waals surface area contributed by atoms with E-state index in [1.54, 1.807) is 0 Å². The fourth-order valence-electron chi connectivity index (χ4n) is 8.84. The highest BCUT2D eigenvalue weighted by Gasteiger charge is 2.67. The Hall–Kier alpha value is -0.0800. The Kier molecular flexibility index (Phi) is 2.56. The third-order valence-electron chi connectivity index (χ3n) is 8.75. The van der Waals surface area contributed by atoms with Crippen LogP contribution in [-0.2, 0) is 0 Å². The normalized spacial score (nSPS) is 63.5. The molecule has 124 valence electrons. The Balaban J connectivity index is 1.54. The van der Waals surface area contributed by atoms with Crippen molar-refractivity contribution in [1.29, 1.82) is 0 Å². The summed E-state index contributed by atoms with van der Waals surface area (Å²) in [4.78, 5) is 2.58. The summed E-state index contributed by atoms with van der Waals surface area (Å²) in [5.41, 5.74) is 0.921. The zero-order chi connectivity index (χ0) is 15.4. The fourth-order valence-corrected chi connectivity index (χ4v) is 8.84. The van der Waals surface area contributed by atoms with Crippen LogP contribution in [0.2, 0.25) is 0 Å². The third kappa shape index (κ3) is 1.69. The minimum absolute atomic E-state index is 0.248. The average molecular weight is 303 g/mol. The topological polar surface area (TPSA) is 23.5 Å². The first-order valence-electron chi connectivity index (χ1n) is 9.68. The number of rotatable bonds is 1.